The van der Waals surface area contributed by atoms with Gasteiger partial charge >= 0.3 is 0 Å². The SMILES string of the molecule is Cc1ccc(F)cc1C(=C[C@H]1C[C@H]2CC[C@@H](C1)[N+]2(C)C)c1cc(F)ccc1C.[I-]. The van der Waals surface area contributed by atoms with E-state index in [1.165, 1.54) is 25.0 Å². The van der Waals surface area contributed by atoms with Gasteiger partial charge in [0.25, 0.3) is 0 Å². The van der Waals surface area contributed by atoms with Gasteiger partial charge in [-0.25, -0.2) is 8.78 Å². The quantitative estimate of drug-likeness (QED) is 0.441. The Bertz CT molecular complexity index is 865. The second kappa shape index (κ2) is 8.46. The number of nitrogens with zero attached hydrogens (tertiary/aromatic N) is 1. The summed E-state index contributed by atoms with van der Waals surface area (Å²) in [7, 11) is 4.72. The van der Waals surface area contributed by atoms with Crippen LogP contribution in [0.15, 0.2) is 42.5 Å². The van der Waals surface area contributed by atoms with E-state index < -0.39 is 0 Å². The Hall–Kier alpha value is -1.27. The highest BCUT2D eigenvalue weighted by Gasteiger charge is 2.48. The normalized spacial score (nSPS) is 24.7. The van der Waals surface area contributed by atoms with E-state index in [2.05, 4.69) is 20.2 Å². The molecule has 2 fully saturated rings. The van der Waals surface area contributed by atoms with Gasteiger partial charge in [-0.2, -0.15) is 0 Å². The molecule has 3 atom stereocenters. The van der Waals surface area contributed by atoms with Gasteiger partial charge in [0.05, 0.1) is 26.2 Å². The first-order valence-electron chi connectivity index (χ1n) is 10.3. The molecular weight excluding hydrogens is 479 g/mol. The van der Waals surface area contributed by atoms with Gasteiger partial charge in [0.15, 0.2) is 0 Å². The van der Waals surface area contributed by atoms with Crippen molar-refractivity contribution in [2.24, 2.45) is 5.92 Å². The molecular formula is C25H30F2IN. The number of quaternary nitrogens is 1. The van der Waals surface area contributed by atoms with E-state index in [0.29, 0.717) is 18.0 Å². The van der Waals surface area contributed by atoms with Gasteiger partial charge in [-0.1, -0.05) is 18.2 Å². The highest BCUT2D eigenvalue weighted by Crippen LogP contribution is 2.44. The third-order valence-corrected chi connectivity index (χ3v) is 7.25. The molecule has 1 nitrogen and oxygen atoms in total. The maximum absolute atomic E-state index is 14.1. The van der Waals surface area contributed by atoms with Crippen LogP contribution in [0.3, 0.4) is 0 Å². The van der Waals surface area contributed by atoms with Crippen molar-refractivity contribution >= 4 is 5.57 Å². The molecule has 2 bridgehead atoms. The summed E-state index contributed by atoms with van der Waals surface area (Å²) in [6, 6.07) is 11.2. The molecule has 29 heavy (non-hydrogen) atoms. The Kier molecular flexibility index (Phi) is 6.54. The minimum Gasteiger partial charge on any atom is -1.00 e. The first-order chi connectivity index (χ1) is 13.3. The molecule has 0 N–H and O–H groups in total. The van der Waals surface area contributed by atoms with Crippen LogP contribution in [0.5, 0.6) is 0 Å². The summed E-state index contributed by atoms with van der Waals surface area (Å²) in [6.45, 7) is 4.00. The van der Waals surface area contributed by atoms with Crippen LogP contribution in [0, 0.1) is 31.4 Å². The fourth-order valence-corrected chi connectivity index (χ4v) is 5.39. The number of halogens is 3. The predicted octanol–water partition coefficient (Wildman–Crippen LogP) is 3.03. The third kappa shape index (κ3) is 4.29. The molecule has 0 aromatic heterocycles. The van der Waals surface area contributed by atoms with Gasteiger partial charge < -0.3 is 28.5 Å². The first kappa shape index (κ1) is 22.4. The zero-order valence-electron chi connectivity index (χ0n) is 17.7. The van der Waals surface area contributed by atoms with E-state index in [4.69, 9.17) is 0 Å². The van der Waals surface area contributed by atoms with Crippen LogP contribution in [-0.4, -0.2) is 30.7 Å². The Morgan fingerprint density at radius 2 is 1.31 bits per heavy atom. The summed E-state index contributed by atoms with van der Waals surface area (Å²) in [5, 5.41) is 0. The number of hydrogen-bond acceptors (Lipinski definition) is 0. The number of rotatable bonds is 3. The summed E-state index contributed by atoms with van der Waals surface area (Å²) in [6.07, 6.45) is 7.18. The summed E-state index contributed by atoms with van der Waals surface area (Å²) in [5.74, 6) is -0.0480. The first-order valence-corrected chi connectivity index (χ1v) is 10.3. The van der Waals surface area contributed by atoms with Gasteiger partial charge in [0.2, 0.25) is 0 Å². The van der Waals surface area contributed by atoms with Crippen molar-refractivity contribution in [1.82, 2.24) is 0 Å². The number of hydrogen-bond donors (Lipinski definition) is 0. The molecule has 2 aromatic carbocycles. The molecule has 156 valence electrons. The lowest BCUT2D eigenvalue weighted by molar-refractivity contribution is -0.931. The number of fused-ring (bicyclic) bond motifs is 2. The second-order valence-electron chi connectivity index (χ2n) is 9.24. The Morgan fingerprint density at radius 1 is 0.862 bits per heavy atom. The van der Waals surface area contributed by atoms with Gasteiger partial charge in [-0.05, 0) is 71.9 Å². The Balaban J connectivity index is 0.00000240. The molecule has 2 aliphatic heterocycles. The lowest BCUT2D eigenvalue weighted by Crippen LogP contribution is -3.00. The van der Waals surface area contributed by atoms with E-state index in [-0.39, 0.29) is 35.6 Å². The van der Waals surface area contributed by atoms with E-state index in [1.807, 2.05) is 26.0 Å². The molecule has 0 radical (unpaired) electrons. The van der Waals surface area contributed by atoms with Crippen molar-refractivity contribution in [3.8, 4) is 0 Å². The van der Waals surface area contributed by atoms with E-state index in [9.17, 15) is 8.78 Å². The fourth-order valence-electron chi connectivity index (χ4n) is 5.39. The highest BCUT2D eigenvalue weighted by molar-refractivity contribution is 5.83. The zero-order valence-corrected chi connectivity index (χ0v) is 19.8. The monoisotopic (exact) mass is 509 g/mol. The number of piperidine rings is 1. The molecule has 0 spiro atoms. The van der Waals surface area contributed by atoms with Crippen molar-refractivity contribution in [1.29, 1.82) is 0 Å². The van der Waals surface area contributed by atoms with Gasteiger partial charge in [0, 0.05) is 25.7 Å². The predicted molar refractivity (Wildman–Crippen MR) is 111 cm³/mol. The average molecular weight is 509 g/mol. The van der Waals surface area contributed by atoms with Crippen LogP contribution in [0.25, 0.3) is 5.57 Å². The number of benzene rings is 2. The largest absolute Gasteiger partial charge is 1.00 e. The molecule has 0 unspecified atom stereocenters. The second-order valence-corrected chi connectivity index (χ2v) is 9.24. The minimum absolute atomic E-state index is 0. The van der Waals surface area contributed by atoms with Gasteiger partial charge in [0.1, 0.15) is 11.6 Å². The minimum atomic E-state index is -0.248. The molecule has 0 saturated carbocycles. The van der Waals surface area contributed by atoms with Crippen LogP contribution in [0.1, 0.15) is 47.9 Å². The van der Waals surface area contributed by atoms with Crippen LogP contribution in [0.4, 0.5) is 8.78 Å². The molecule has 4 rings (SSSR count). The average Bonchev–Trinajstić information content (AvgIpc) is 2.82. The van der Waals surface area contributed by atoms with Crippen LogP contribution in [-0.2, 0) is 0 Å². The van der Waals surface area contributed by atoms with Crippen molar-refractivity contribution < 1.29 is 37.2 Å². The maximum Gasteiger partial charge on any atom is 0.123 e. The van der Waals surface area contributed by atoms with Crippen molar-refractivity contribution in [3.63, 3.8) is 0 Å². The summed E-state index contributed by atoms with van der Waals surface area (Å²) in [5.41, 5.74) is 4.77. The van der Waals surface area contributed by atoms with E-state index >= 15 is 0 Å². The molecule has 2 saturated heterocycles. The number of allylic oxidation sites excluding steroid dienone is 1. The standard InChI is InChI=1S/C25H30F2N.HI/c1-16-5-7-19(26)14-23(16)25(24-15-20(27)8-6-17(24)2)13-18-11-21-9-10-22(12-18)28(21,3)4;/h5-8,13-15,18,21-22H,9-12H2,1-4H3;1H/q+1;/p-1/t18-,21+,22-;. The smallest absolute Gasteiger partial charge is 0.123 e. The lowest BCUT2D eigenvalue weighted by Gasteiger charge is -2.44. The van der Waals surface area contributed by atoms with Crippen LogP contribution < -0.4 is 24.0 Å². The summed E-state index contributed by atoms with van der Waals surface area (Å²) in [4.78, 5) is 0. The van der Waals surface area contributed by atoms with E-state index in [1.54, 1.807) is 12.1 Å². The highest BCUT2D eigenvalue weighted by atomic mass is 127. The van der Waals surface area contributed by atoms with Crippen molar-refractivity contribution in [3.05, 3.63) is 76.4 Å². The van der Waals surface area contributed by atoms with Crippen molar-refractivity contribution in [2.45, 2.75) is 51.6 Å². The molecule has 4 heteroatoms. The van der Waals surface area contributed by atoms with Crippen LogP contribution in [0.2, 0.25) is 0 Å². The fraction of sp³-hybridized carbons (Fsp3) is 0.440. The zero-order chi connectivity index (χ0) is 20.1. The molecule has 0 aliphatic carbocycles. The Labute approximate surface area is 190 Å². The maximum atomic E-state index is 14.1. The topological polar surface area (TPSA) is 0 Å². The Morgan fingerprint density at radius 3 is 1.76 bits per heavy atom. The van der Waals surface area contributed by atoms with Gasteiger partial charge in [-0.15, -0.1) is 0 Å². The molecule has 2 aromatic rings. The number of aryl methyl sites for hydroxylation is 2. The molecule has 2 aliphatic rings. The third-order valence-electron chi connectivity index (χ3n) is 7.25. The van der Waals surface area contributed by atoms with E-state index in [0.717, 1.165) is 45.2 Å². The molecule has 2 heterocycles. The lowest BCUT2D eigenvalue weighted by atomic mass is 9.83. The van der Waals surface area contributed by atoms with Crippen molar-refractivity contribution in [2.75, 3.05) is 14.1 Å². The summed E-state index contributed by atoms with van der Waals surface area (Å²) >= 11 is 0. The van der Waals surface area contributed by atoms with Crippen LogP contribution >= 0.6 is 0 Å². The summed E-state index contributed by atoms with van der Waals surface area (Å²) < 4.78 is 29.3. The molecule has 0 amide bonds. The van der Waals surface area contributed by atoms with Gasteiger partial charge in [-0.3, -0.25) is 0 Å².